The molecule has 1 fully saturated rings. The Hall–Kier alpha value is -2.02. The summed E-state index contributed by atoms with van der Waals surface area (Å²) in [4.78, 5) is 22.4. The summed E-state index contributed by atoms with van der Waals surface area (Å²) in [5.41, 5.74) is 1.27. The number of likely N-dealkylation sites (tertiary alicyclic amines) is 1. The van der Waals surface area contributed by atoms with Crippen molar-refractivity contribution in [1.82, 2.24) is 24.5 Å². The van der Waals surface area contributed by atoms with Crippen LogP contribution in [0.1, 0.15) is 29.4 Å². The highest BCUT2D eigenvalue weighted by Crippen LogP contribution is 2.22. The number of fused-ring (bicyclic) bond motifs is 1. The Labute approximate surface area is 116 Å². The first-order valence-corrected chi connectivity index (χ1v) is 6.70. The first-order chi connectivity index (χ1) is 9.58. The number of aromatic nitrogens is 4. The summed E-state index contributed by atoms with van der Waals surface area (Å²) in [6.45, 7) is 4.86. The van der Waals surface area contributed by atoms with E-state index >= 15 is 0 Å². The van der Waals surface area contributed by atoms with Crippen LogP contribution in [0.3, 0.4) is 0 Å². The number of aryl methyl sites for hydroxylation is 1. The van der Waals surface area contributed by atoms with Crippen molar-refractivity contribution in [2.45, 2.75) is 26.4 Å². The normalized spacial score (nSPS) is 20.6. The number of aliphatic hydroxyl groups is 1. The Kier molecular flexibility index (Phi) is 3.13. The van der Waals surface area contributed by atoms with Gasteiger partial charge in [-0.25, -0.2) is 9.50 Å². The molecule has 0 aliphatic carbocycles. The summed E-state index contributed by atoms with van der Waals surface area (Å²) in [6, 6.07) is 0. The van der Waals surface area contributed by atoms with E-state index in [1.165, 1.54) is 6.33 Å². The van der Waals surface area contributed by atoms with E-state index in [2.05, 4.69) is 15.1 Å². The number of rotatable bonds is 2. The van der Waals surface area contributed by atoms with Crippen LogP contribution in [-0.4, -0.2) is 54.7 Å². The first kappa shape index (κ1) is 13.0. The molecule has 2 atom stereocenters. The number of carbonyl (C=O) groups is 1. The molecule has 2 aromatic rings. The molecule has 7 nitrogen and oxygen atoms in total. The van der Waals surface area contributed by atoms with Gasteiger partial charge in [-0.2, -0.15) is 10.1 Å². The topological polar surface area (TPSA) is 83.6 Å². The third-order valence-electron chi connectivity index (χ3n) is 3.97. The Morgan fingerprint density at radius 1 is 1.50 bits per heavy atom. The zero-order valence-corrected chi connectivity index (χ0v) is 11.5. The van der Waals surface area contributed by atoms with E-state index in [4.69, 9.17) is 0 Å². The lowest BCUT2D eigenvalue weighted by atomic mass is 10.0. The summed E-state index contributed by atoms with van der Waals surface area (Å²) < 4.78 is 1.56. The second-order valence-corrected chi connectivity index (χ2v) is 5.27. The number of amides is 1. The summed E-state index contributed by atoms with van der Waals surface area (Å²) in [7, 11) is 0. The molecule has 0 radical (unpaired) electrons. The van der Waals surface area contributed by atoms with Gasteiger partial charge >= 0.3 is 0 Å². The van der Waals surface area contributed by atoms with Crippen LogP contribution in [0.15, 0.2) is 12.5 Å². The van der Waals surface area contributed by atoms with Gasteiger partial charge in [-0.3, -0.25) is 4.79 Å². The summed E-state index contributed by atoms with van der Waals surface area (Å²) in [5.74, 6) is 0.584. The van der Waals surface area contributed by atoms with E-state index in [-0.39, 0.29) is 17.9 Å². The largest absolute Gasteiger partial charge is 0.393 e. The van der Waals surface area contributed by atoms with Crippen LogP contribution in [0.25, 0.3) is 5.78 Å². The lowest BCUT2D eigenvalue weighted by Crippen LogP contribution is -2.31. The van der Waals surface area contributed by atoms with Gasteiger partial charge in [0.1, 0.15) is 6.33 Å². The van der Waals surface area contributed by atoms with Crippen LogP contribution < -0.4 is 0 Å². The first-order valence-electron chi connectivity index (χ1n) is 6.70. The van der Waals surface area contributed by atoms with E-state index < -0.39 is 0 Å². The zero-order chi connectivity index (χ0) is 14.3. The molecule has 3 heterocycles. The molecule has 1 amide bonds. The zero-order valence-electron chi connectivity index (χ0n) is 11.5. The van der Waals surface area contributed by atoms with Crippen molar-refractivity contribution in [2.75, 3.05) is 13.1 Å². The average Bonchev–Trinajstić information content (AvgIpc) is 3.08. The maximum atomic E-state index is 12.5. The van der Waals surface area contributed by atoms with Gasteiger partial charge < -0.3 is 10.0 Å². The lowest BCUT2D eigenvalue weighted by molar-refractivity contribution is 0.0760. The molecule has 0 aromatic carbocycles. The van der Waals surface area contributed by atoms with Gasteiger partial charge in [0.25, 0.3) is 11.7 Å². The Bertz CT molecular complexity index is 651. The number of carbonyl (C=O) groups excluding carboxylic acids is 1. The summed E-state index contributed by atoms with van der Waals surface area (Å²) in [6.07, 6.45) is 3.42. The summed E-state index contributed by atoms with van der Waals surface area (Å²) >= 11 is 0. The minimum absolute atomic E-state index is 0.0597. The SMILES string of the molecule is Cc1c(C(=O)N2CCC(C(C)O)C2)cnc2ncnn12. The van der Waals surface area contributed by atoms with Crippen LogP contribution >= 0.6 is 0 Å². The van der Waals surface area contributed by atoms with Gasteiger partial charge in [-0.1, -0.05) is 0 Å². The third kappa shape index (κ3) is 2.03. The van der Waals surface area contributed by atoms with Crippen LogP contribution in [0.5, 0.6) is 0 Å². The van der Waals surface area contributed by atoms with Gasteiger partial charge in [0.15, 0.2) is 0 Å². The summed E-state index contributed by atoms with van der Waals surface area (Å²) in [5, 5.41) is 13.7. The Balaban J connectivity index is 1.88. The quantitative estimate of drug-likeness (QED) is 0.851. The molecular weight excluding hydrogens is 258 g/mol. The molecule has 3 rings (SSSR count). The van der Waals surface area contributed by atoms with Crippen LogP contribution in [0.4, 0.5) is 0 Å². The molecule has 2 unspecified atom stereocenters. The van der Waals surface area contributed by atoms with E-state index in [0.29, 0.717) is 24.4 Å². The molecule has 7 heteroatoms. The van der Waals surface area contributed by atoms with Gasteiger partial charge in [-0.05, 0) is 20.3 Å². The minimum atomic E-state index is -0.384. The predicted octanol–water partition coefficient (Wildman–Crippen LogP) is 0.276. The molecule has 106 valence electrons. The molecule has 0 bridgehead atoms. The van der Waals surface area contributed by atoms with Gasteiger partial charge in [0.05, 0.1) is 17.4 Å². The Morgan fingerprint density at radius 3 is 3.00 bits per heavy atom. The van der Waals surface area contributed by atoms with Crippen molar-refractivity contribution in [1.29, 1.82) is 0 Å². The Morgan fingerprint density at radius 2 is 2.30 bits per heavy atom. The number of hydrogen-bond acceptors (Lipinski definition) is 5. The van der Waals surface area contributed by atoms with Crippen LogP contribution in [0.2, 0.25) is 0 Å². The molecule has 1 aliphatic rings. The van der Waals surface area contributed by atoms with Crippen molar-refractivity contribution in [3.63, 3.8) is 0 Å². The predicted molar refractivity (Wildman–Crippen MR) is 71.2 cm³/mol. The maximum absolute atomic E-state index is 12.5. The molecule has 1 aliphatic heterocycles. The monoisotopic (exact) mass is 275 g/mol. The smallest absolute Gasteiger partial charge is 0.257 e. The van der Waals surface area contributed by atoms with Gasteiger partial charge in [-0.15, -0.1) is 0 Å². The van der Waals surface area contributed by atoms with Crippen molar-refractivity contribution < 1.29 is 9.90 Å². The third-order valence-corrected chi connectivity index (χ3v) is 3.97. The molecule has 0 spiro atoms. The lowest BCUT2D eigenvalue weighted by Gasteiger charge is -2.18. The molecular formula is C13H17N5O2. The molecule has 1 N–H and O–H groups in total. The van der Waals surface area contributed by atoms with E-state index in [9.17, 15) is 9.90 Å². The average molecular weight is 275 g/mol. The highest BCUT2D eigenvalue weighted by atomic mass is 16.3. The van der Waals surface area contributed by atoms with Gasteiger partial charge in [0.2, 0.25) is 0 Å². The van der Waals surface area contributed by atoms with E-state index in [1.807, 2.05) is 6.92 Å². The second-order valence-electron chi connectivity index (χ2n) is 5.27. The number of hydrogen-bond donors (Lipinski definition) is 1. The second kappa shape index (κ2) is 4.82. The van der Waals surface area contributed by atoms with Crippen molar-refractivity contribution in [2.24, 2.45) is 5.92 Å². The fraction of sp³-hybridized carbons (Fsp3) is 0.538. The highest BCUT2D eigenvalue weighted by molar-refractivity contribution is 5.95. The van der Waals surface area contributed by atoms with E-state index in [0.717, 1.165) is 12.1 Å². The molecule has 1 saturated heterocycles. The highest BCUT2D eigenvalue weighted by Gasteiger charge is 2.30. The van der Waals surface area contributed by atoms with Crippen LogP contribution in [-0.2, 0) is 0 Å². The number of nitrogens with zero attached hydrogens (tertiary/aromatic N) is 5. The number of aliphatic hydroxyl groups excluding tert-OH is 1. The van der Waals surface area contributed by atoms with Crippen molar-refractivity contribution >= 4 is 11.7 Å². The fourth-order valence-corrected chi connectivity index (χ4v) is 2.64. The molecule has 0 saturated carbocycles. The van der Waals surface area contributed by atoms with Crippen LogP contribution in [0, 0.1) is 12.8 Å². The van der Waals surface area contributed by atoms with Gasteiger partial charge in [0, 0.05) is 25.2 Å². The molecule has 20 heavy (non-hydrogen) atoms. The van der Waals surface area contributed by atoms with Crippen molar-refractivity contribution in [3.05, 3.63) is 23.8 Å². The fourth-order valence-electron chi connectivity index (χ4n) is 2.64. The minimum Gasteiger partial charge on any atom is -0.393 e. The standard InChI is InChI=1S/C13H17N5O2/c1-8-11(5-14-13-15-7-16-18(8)13)12(20)17-4-3-10(6-17)9(2)19/h5,7,9-10,19H,3-4,6H2,1-2H3. The van der Waals surface area contributed by atoms with Crippen molar-refractivity contribution in [3.8, 4) is 0 Å². The van der Waals surface area contributed by atoms with E-state index in [1.54, 1.807) is 22.5 Å². The molecule has 2 aromatic heterocycles. The maximum Gasteiger partial charge on any atom is 0.257 e.